The largest absolute Gasteiger partial charge is 0.449 e. The van der Waals surface area contributed by atoms with Crippen molar-refractivity contribution in [3.63, 3.8) is 0 Å². The molecule has 0 aromatic heterocycles. The Morgan fingerprint density at radius 2 is 1.31 bits per heavy atom. The van der Waals surface area contributed by atoms with Gasteiger partial charge < -0.3 is 15.8 Å². The number of benzene rings is 2. The minimum atomic E-state index is -0.311. The molecule has 1 aliphatic carbocycles. The fraction of sp³-hybridized carbons (Fsp3) is 0.480. The molecule has 0 atom stereocenters. The molecule has 156 valence electrons. The van der Waals surface area contributed by atoms with E-state index >= 15 is 0 Å². The molecule has 0 aliphatic heterocycles. The first-order valence-corrected chi connectivity index (χ1v) is 11.1. The average Bonchev–Trinajstić information content (AvgIpc) is 3.07. The van der Waals surface area contributed by atoms with Crippen LogP contribution in [0.15, 0.2) is 48.5 Å². The summed E-state index contributed by atoms with van der Waals surface area (Å²) in [6.07, 6.45) is 9.32. The van der Waals surface area contributed by atoms with Gasteiger partial charge in [0.05, 0.1) is 0 Å². The van der Waals surface area contributed by atoms with Gasteiger partial charge in [-0.3, -0.25) is 0 Å². The van der Waals surface area contributed by atoms with Crippen molar-refractivity contribution in [1.82, 2.24) is 5.32 Å². The van der Waals surface area contributed by atoms with Gasteiger partial charge in [0.15, 0.2) is 0 Å². The zero-order chi connectivity index (χ0) is 20.3. The molecule has 0 fully saturated rings. The zero-order valence-electron chi connectivity index (χ0n) is 17.4. The van der Waals surface area contributed by atoms with Crippen LogP contribution in [0.3, 0.4) is 0 Å². The third-order valence-electron chi connectivity index (χ3n) is 5.74. The number of rotatable bonds is 12. The summed E-state index contributed by atoms with van der Waals surface area (Å²) in [7, 11) is 0. The molecular weight excluding hydrogens is 360 g/mol. The van der Waals surface area contributed by atoms with Gasteiger partial charge in [0.2, 0.25) is 0 Å². The Kier molecular flexibility index (Phi) is 8.57. The number of nitrogens with two attached hydrogens (primary N) is 1. The third kappa shape index (κ3) is 6.07. The van der Waals surface area contributed by atoms with Crippen LogP contribution in [-0.4, -0.2) is 25.8 Å². The number of carbonyl (C=O) groups is 1. The maximum absolute atomic E-state index is 12.1. The lowest BCUT2D eigenvalue weighted by Gasteiger charge is -2.14. The topological polar surface area (TPSA) is 64.3 Å². The standard InChI is InChI=1S/C25H34N2O2/c26-17-11-5-3-1-2-4-6-12-18-27-25(28)29-19-24-22-15-9-7-13-20(22)21-14-8-10-16-23(21)24/h7-10,13-16,24H,1-6,11-12,17-19,26H2,(H,27,28). The Morgan fingerprint density at radius 1 is 0.793 bits per heavy atom. The predicted molar refractivity (Wildman–Crippen MR) is 119 cm³/mol. The van der Waals surface area contributed by atoms with Crippen LogP contribution in [0.4, 0.5) is 4.79 Å². The van der Waals surface area contributed by atoms with Crippen LogP contribution in [0.25, 0.3) is 11.1 Å². The second-order valence-electron chi connectivity index (χ2n) is 7.87. The summed E-state index contributed by atoms with van der Waals surface area (Å²) in [6, 6.07) is 16.8. The Hall–Kier alpha value is -2.33. The van der Waals surface area contributed by atoms with Crippen molar-refractivity contribution in [3.8, 4) is 11.1 Å². The number of ether oxygens (including phenoxy) is 1. The highest BCUT2D eigenvalue weighted by Gasteiger charge is 2.28. The molecule has 4 nitrogen and oxygen atoms in total. The van der Waals surface area contributed by atoms with Crippen molar-refractivity contribution in [1.29, 1.82) is 0 Å². The SMILES string of the molecule is NCCCCCCCCCCNC(=O)OCC1c2ccccc2-c2ccccc21. The highest BCUT2D eigenvalue weighted by atomic mass is 16.5. The van der Waals surface area contributed by atoms with E-state index in [1.165, 1.54) is 54.4 Å². The van der Waals surface area contributed by atoms with Crippen LogP contribution in [0.1, 0.15) is 68.4 Å². The summed E-state index contributed by atoms with van der Waals surface area (Å²) in [5.41, 5.74) is 10.5. The van der Waals surface area contributed by atoms with E-state index in [2.05, 4.69) is 53.8 Å². The molecule has 3 rings (SSSR count). The lowest BCUT2D eigenvalue weighted by atomic mass is 9.98. The number of alkyl carbamates (subject to hydrolysis) is 1. The highest BCUT2D eigenvalue weighted by Crippen LogP contribution is 2.44. The number of carbonyl (C=O) groups excluding carboxylic acids is 1. The van der Waals surface area contributed by atoms with Gasteiger partial charge in [-0.25, -0.2) is 4.79 Å². The number of fused-ring (bicyclic) bond motifs is 3. The van der Waals surface area contributed by atoms with E-state index in [0.29, 0.717) is 13.2 Å². The molecule has 0 unspecified atom stereocenters. The third-order valence-corrected chi connectivity index (χ3v) is 5.74. The van der Waals surface area contributed by atoms with E-state index in [9.17, 15) is 4.79 Å². The van der Waals surface area contributed by atoms with E-state index in [0.717, 1.165) is 25.8 Å². The summed E-state index contributed by atoms with van der Waals surface area (Å²) >= 11 is 0. The molecule has 29 heavy (non-hydrogen) atoms. The summed E-state index contributed by atoms with van der Waals surface area (Å²) in [5, 5.41) is 2.90. The molecule has 0 saturated heterocycles. The molecule has 3 N–H and O–H groups in total. The van der Waals surface area contributed by atoms with Gasteiger partial charge in [-0.1, -0.05) is 87.1 Å². The Labute approximate surface area is 174 Å². The first kappa shape index (κ1) is 21.4. The molecular formula is C25H34N2O2. The first-order chi connectivity index (χ1) is 14.3. The normalized spacial score (nSPS) is 12.4. The summed E-state index contributed by atoms with van der Waals surface area (Å²) < 4.78 is 5.56. The number of amides is 1. The summed E-state index contributed by atoms with van der Waals surface area (Å²) in [4.78, 5) is 12.1. The fourth-order valence-corrected chi connectivity index (χ4v) is 4.17. The van der Waals surface area contributed by atoms with Gasteiger partial charge in [-0.2, -0.15) is 0 Å². The first-order valence-electron chi connectivity index (χ1n) is 11.1. The zero-order valence-corrected chi connectivity index (χ0v) is 17.4. The molecule has 0 radical (unpaired) electrons. The summed E-state index contributed by atoms with van der Waals surface area (Å²) in [6.45, 7) is 1.87. The fourth-order valence-electron chi connectivity index (χ4n) is 4.17. The van der Waals surface area contributed by atoms with Crippen molar-refractivity contribution < 1.29 is 9.53 Å². The Balaban J connectivity index is 1.33. The maximum Gasteiger partial charge on any atom is 0.407 e. The minimum Gasteiger partial charge on any atom is -0.449 e. The number of hydrogen-bond donors (Lipinski definition) is 2. The van der Waals surface area contributed by atoms with Crippen LogP contribution in [0.2, 0.25) is 0 Å². The molecule has 0 heterocycles. The molecule has 1 amide bonds. The second kappa shape index (κ2) is 11.6. The van der Waals surface area contributed by atoms with Crippen LogP contribution >= 0.6 is 0 Å². The number of nitrogens with one attached hydrogen (secondary N) is 1. The number of hydrogen-bond acceptors (Lipinski definition) is 3. The van der Waals surface area contributed by atoms with Crippen LogP contribution < -0.4 is 11.1 Å². The van der Waals surface area contributed by atoms with Crippen molar-refractivity contribution in [3.05, 3.63) is 59.7 Å². The van der Waals surface area contributed by atoms with Gasteiger partial charge in [0.25, 0.3) is 0 Å². The molecule has 2 aromatic rings. The van der Waals surface area contributed by atoms with Crippen LogP contribution in [0, 0.1) is 0 Å². The predicted octanol–water partition coefficient (Wildman–Crippen LogP) is 5.60. The second-order valence-corrected chi connectivity index (χ2v) is 7.87. The maximum atomic E-state index is 12.1. The number of unbranched alkanes of at least 4 members (excludes halogenated alkanes) is 7. The van der Waals surface area contributed by atoms with Gasteiger partial charge in [-0.15, -0.1) is 0 Å². The molecule has 4 heteroatoms. The Morgan fingerprint density at radius 3 is 1.90 bits per heavy atom. The van der Waals surface area contributed by atoms with E-state index < -0.39 is 0 Å². The molecule has 1 aliphatic rings. The van der Waals surface area contributed by atoms with Crippen LogP contribution in [-0.2, 0) is 4.74 Å². The molecule has 2 aromatic carbocycles. The van der Waals surface area contributed by atoms with Crippen molar-refractivity contribution >= 4 is 6.09 Å². The quantitative estimate of drug-likeness (QED) is 0.460. The van der Waals surface area contributed by atoms with Crippen molar-refractivity contribution in [2.75, 3.05) is 19.7 Å². The van der Waals surface area contributed by atoms with E-state index in [4.69, 9.17) is 10.5 Å². The lowest BCUT2D eigenvalue weighted by Crippen LogP contribution is -2.27. The summed E-state index contributed by atoms with van der Waals surface area (Å²) in [5.74, 6) is 0.118. The van der Waals surface area contributed by atoms with Gasteiger partial charge >= 0.3 is 6.09 Å². The minimum absolute atomic E-state index is 0.118. The van der Waals surface area contributed by atoms with Gasteiger partial charge in [-0.05, 0) is 41.6 Å². The van der Waals surface area contributed by atoms with Crippen molar-refractivity contribution in [2.45, 2.75) is 57.3 Å². The van der Waals surface area contributed by atoms with Gasteiger partial charge in [0.1, 0.15) is 6.61 Å². The highest BCUT2D eigenvalue weighted by molar-refractivity contribution is 5.79. The average molecular weight is 395 g/mol. The van der Waals surface area contributed by atoms with Gasteiger partial charge in [0, 0.05) is 12.5 Å². The molecule has 0 bridgehead atoms. The monoisotopic (exact) mass is 394 g/mol. The molecule has 0 saturated carbocycles. The van der Waals surface area contributed by atoms with E-state index in [-0.39, 0.29) is 12.0 Å². The molecule has 0 spiro atoms. The van der Waals surface area contributed by atoms with E-state index in [1.54, 1.807) is 0 Å². The van der Waals surface area contributed by atoms with E-state index in [1.807, 2.05) is 0 Å². The van der Waals surface area contributed by atoms with Crippen molar-refractivity contribution in [2.24, 2.45) is 5.73 Å². The Bertz CT molecular complexity index is 729. The smallest absolute Gasteiger partial charge is 0.407 e. The lowest BCUT2D eigenvalue weighted by molar-refractivity contribution is 0.143. The van der Waals surface area contributed by atoms with Crippen LogP contribution in [0.5, 0.6) is 0 Å².